The summed E-state index contributed by atoms with van der Waals surface area (Å²) in [7, 11) is -1.59. The van der Waals surface area contributed by atoms with Crippen molar-refractivity contribution in [2.75, 3.05) is 0 Å². The molecule has 2 rings (SSSR count). The third-order valence-corrected chi connectivity index (χ3v) is 2.93. The van der Waals surface area contributed by atoms with E-state index in [-0.39, 0.29) is 5.52 Å². The molecule has 0 saturated heterocycles. The molecule has 0 fully saturated rings. The zero-order valence-corrected chi connectivity index (χ0v) is 8.18. The first-order valence-corrected chi connectivity index (χ1v) is 4.83. The highest BCUT2D eigenvalue weighted by Crippen LogP contribution is 2.22. The number of benzene rings is 1. The van der Waals surface area contributed by atoms with Gasteiger partial charge >= 0.3 is 7.12 Å². The van der Waals surface area contributed by atoms with Crippen molar-refractivity contribution in [1.29, 1.82) is 0 Å². The molecule has 0 atom stereocenters. The van der Waals surface area contributed by atoms with Crippen molar-refractivity contribution >= 4 is 34.1 Å². The number of halogens is 1. The highest BCUT2D eigenvalue weighted by molar-refractivity contribution is 7.20. The summed E-state index contributed by atoms with van der Waals surface area (Å²) in [5, 5.41) is 18.8. The van der Waals surface area contributed by atoms with Gasteiger partial charge in [-0.2, -0.15) is 0 Å². The summed E-state index contributed by atoms with van der Waals surface area (Å²) < 4.78 is 13.7. The molecule has 2 N–H and O–H groups in total. The first-order chi connectivity index (χ1) is 6.59. The van der Waals surface area contributed by atoms with E-state index >= 15 is 0 Å². The van der Waals surface area contributed by atoms with Crippen LogP contribution >= 0.6 is 11.3 Å². The largest absolute Gasteiger partial charge is 0.489 e. The number of hydrogen-bond donors (Lipinski definition) is 2. The molecule has 72 valence electrons. The Morgan fingerprint density at radius 1 is 1.43 bits per heavy atom. The first-order valence-electron chi connectivity index (χ1n) is 4.01. The molecular weight excluding hydrogens is 204 g/mol. The van der Waals surface area contributed by atoms with Gasteiger partial charge in [-0.3, -0.25) is 0 Å². The summed E-state index contributed by atoms with van der Waals surface area (Å²) in [6, 6.07) is 2.55. The smallest absolute Gasteiger partial charge is 0.423 e. The Morgan fingerprint density at radius 2 is 2.14 bits per heavy atom. The molecule has 0 aliphatic rings. The summed E-state index contributed by atoms with van der Waals surface area (Å²) in [5.41, 5.74) is 0.505. The molecular formula is C8H7BFNO2S. The fourth-order valence-electron chi connectivity index (χ4n) is 1.31. The van der Waals surface area contributed by atoms with Crippen LogP contribution in [0.3, 0.4) is 0 Å². The fraction of sp³-hybridized carbons (Fsp3) is 0.125. The molecule has 0 saturated carbocycles. The zero-order valence-electron chi connectivity index (χ0n) is 7.36. The average Bonchev–Trinajstić information content (AvgIpc) is 2.47. The highest BCUT2D eigenvalue weighted by atomic mass is 32.1. The molecule has 3 nitrogen and oxygen atoms in total. The molecule has 0 aliphatic carbocycles. The van der Waals surface area contributed by atoms with Gasteiger partial charge in [-0.05, 0) is 13.0 Å². The monoisotopic (exact) mass is 211 g/mol. The number of aryl methyl sites for hydroxylation is 1. The second kappa shape index (κ2) is 3.31. The first kappa shape index (κ1) is 9.58. The Kier molecular flexibility index (Phi) is 2.26. The predicted octanol–water partition coefficient (Wildman–Crippen LogP) is 0.424. The Morgan fingerprint density at radius 3 is 2.79 bits per heavy atom. The second-order valence-electron chi connectivity index (χ2n) is 2.92. The van der Waals surface area contributed by atoms with Gasteiger partial charge in [-0.15, -0.1) is 11.3 Å². The minimum absolute atomic E-state index is 0.207. The minimum atomic E-state index is -1.59. The van der Waals surface area contributed by atoms with Crippen LogP contribution in [0.5, 0.6) is 0 Å². The topological polar surface area (TPSA) is 53.4 Å². The van der Waals surface area contributed by atoms with Crippen molar-refractivity contribution in [3.05, 3.63) is 23.0 Å². The van der Waals surface area contributed by atoms with E-state index in [2.05, 4.69) is 4.98 Å². The van der Waals surface area contributed by atoms with Crippen LogP contribution in [-0.4, -0.2) is 22.2 Å². The fourth-order valence-corrected chi connectivity index (χ4v) is 2.27. The summed E-state index contributed by atoms with van der Waals surface area (Å²) in [4.78, 5) is 3.98. The van der Waals surface area contributed by atoms with Gasteiger partial charge in [0.15, 0.2) is 0 Å². The van der Waals surface area contributed by atoms with Gasteiger partial charge in [0.1, 0.15) is 11.3 Å². The van der Waals surface area contributed by atoms with Crippen LogP contribution in [0.15, 0.2) is 12.1 Å². The van der Waals surface area contributed by atoms with E-state index in [9.17, 15) is 4.39 Å². The minimum Gasteiger partial charge on any atom is -0.423 e. The molecule has 1 heterocycles. The van der Waals surface area contributed by atoms with Crippen LogP contribution in [0.1, 0.15) is 5.01 Å². The maximum Gasteiger partial charge on any atom is 0.489 e. The van der Waals surface area contributed by atoms with E-state index in [0.717, 1.165) is 0 Å². The summed E-state index contributed by atoms with van der Waals surface area (Å²) in [6.45, 7) is 1.75. The summed E-state index contributed by atoms with van der Waals surface area (Å²) in [5.74, 6) is -0.436. The van der Waals surface area contributed by atoms with Crippen LogP contribution in [-0.2, 0) is 0 Å². The molecule has 6 heteroatoms. The lowest BCUT2D eigenvalue weighted by Gasteiger charge is -1.99. The lowest BCUT2D eigenvalue weighted by Crippen LogP contribution is -2.30. The number of thiazole rings is 1. The van der Waals surface area contributed by atoms with Crippen LogP contribution in [0.2, 0.25) is 0 Å². The third kappa shape index (κ3) is 1.41. The standard InChI is InChI=1S/C8H7BFNO2S/c1-4-11-7-6(10)3-2-5(9(12)13)8(7)14-4/h2-3,12-13H,1H3. The highest BCUT2D eigenvalue weighted by Gasteiger charge is 2.18. The average molecular weight is 211 g/mol. The quantitative estimate of drug-likeness (QED) is 0.672. The Bertz CT molecular complexity index is 485. The van der Waals surface area contributed by atoms with Crippen LogP contribution in [0.4, 0.5) is 4.39 Å². The lowest BCUT2D eigenvalue weighted by atomic mass is 9.80. The molecule has 1 aromatic heterocycles. The normalized spacial score (nSPS) is 10.9. The lowest BCUT2D eigenvalue weighted by molar-refractivity contribution is 0.426. The SMILES string of the molecule is Cc1nc2c(F)ccc(B(O)O)c2s1. The number of nitrogens with zero attached hydrogens (tertiary/aromatic N) is 1. The van der Waals surface area contributed by atoms with E-state index in [1.54, 1.807) is 6.92 Å². The van der Waals surface area contributed by atoms with Crippen LogP contribution in [0, 0.1) is 12.7 Å². The van der Waals surface area contributed by atoms with Gasteiger partial charge in [0.25, 0.3) is 0 Å². The predicted molar refractivity (Wildman–Crippen MR) is 54.1 cm³/mol. The van der Waals surface area contributed by atoms with Gasteiger partial charge in [-0.25, -0.2) is 9.37 Å². The summed E-state index contributed by atoms with van der Waals surface area (Å²) in [6.07, 6.45) is 0. The second-order valence-corrected chi connectivity index (χ2v) is 4.12. The number of aromatic nitrogens is 1. The van der Waals surface area contributed by atoms with Crippen LogP contribution in [0.25, 0.3) is 10.2 Å². The molecule has 1 aromatic carbocycles. The molecule has 14 heavy (non-hydrogen) atoms. The van der Waals surface area contributed by atoms with E-state index in [1.807, 2.05) is 0 Å². The van der Waals surface area contributed by atoms with Crippen molar-refractivity contribution < 1.29 is 14.4 Å². The van der Waals surface area contributed by atoms with Crippen molar-refractivity contribution in [2.45, 2.75) is 6.92 Å². The Hall–Kier alpha value is -0.975. The molecule has 0 amide bonds. The number of fused-ring (bicyclic) bond motifs is 1. The Balaban J connectivity index is 2.81. The van der Waals surface area contributed by atoms with Crippen molar-refractivity contribution in [3.63, 3.8) is 0 Å². The van der Waals surface area contributed by atoms with Crippen molar-refractivity contribution in [2.24, 2.45) is 0 Å². The molecule has 0 unspecified atom stereocenters. The van der Waals surface area contributed by atoms with E-state index in [4.69, 9.17) is 10.0 Å². The number of hydrogen-bond acceptors (Lipinski definition) is 4. The van der Waals surface area contributed by atoms with Gasteiger partial charge in [-0.1, -0.05) is 6.07 Å². The molecule has 0 aliphatic heterocycles. The van der Waals surface area contributed by atoms with Gasteiger partial charge in [0, 0.05) is 5.46 Å². The Labute approximate surface area is 84.0 Å². The molecule has 0 radical (unpaired) electrons. The third-order valence-electron chi connectivity index (χ3n) is 1.91. The van der Waals surface area contributed by atoms with Gasteiger partial charge < -0.3 is 10.0 Å². The van der Waals surface area contributed by atoms with Crippen molar-refractivity contribution in [3.8, 4) is 0 Å². The summed E-state index contributed by atoms with van der Waals surface area (Å²) >= 11 is 1.25. The molecule has 0 bridgehead atoms. The number of rotatable bonds is 1. The maximum absolute atomic E-state index is 13.2. The maximum atomic E-state index is 13.2. The zero-order chi connectivity index (χ0) is 10.3. The van der Waals surface area contributed by atoms with E-state index in [0.29, 0.717) is 15.2 Å². The van der Waals surface area contributed by atoms with Crippen LogP contribution < -0.4 is 5.46 Å². The van der Waals surface area contributed by atoms with Crippen molar-refractivity contribution in [1.82, 2.24) is 4.98 Å². The molecule has 0 spiro atoms. The van der Waals surface area contributed by atoms with E-state index in [1.165, 1.54) is 23.5 Å². The molecule has 2 aromatic rings. The van der Waals surface area contributed by atoms with E-state index < -0.39 is 12.9 Å². The van der Waals surface area contributed by atoms with Gasteiger partial charge in [0.2, 0.25) is 0 Å². The van der Waals surface area contributed by atoms with Gasteiger partial charge in [0.05, 0.1) is 9.71 Å².